The number of likely N-dealkylation sites (N-methyl/N-ethyl adjacent to an activating group) is 1. The van der Waals surface area contributed by atoms with Crippen LogP contribution in [-0.4, -0.2) is 47.2 Å². The minimum atomic E-state index is -0.804. The Labute approximate surface area is 105 Å². The van der Waals surface area contributed by atoms with Crippen LogP contribution in [0, 0.1) is 0 Å². The number of carbonyl (C=O) groups is 1. The lowest BCUT2D eigenvalue weighted by Crippen LogP contribution is -2.55. The fourth-order valence-electron chi connectivity index (χ4n) is 2.20. The molecule has 4 heteroatoms. The number of hydrogen-bond acceptors (Lipinski definition) is 3. The number of carboxylic acids is 1. The molecular formula is C13H28N2O2. The van der Waals surface area contributed by atoms with Crippen molar-refractivity contribution in [1.82, 2.24) is 10.2 Å². The van der Waals surface area contributed by atoms with Crippen LogP contribution in [0.2, 0.25) is 0 Å². The van der Waals surface area contributed by atoms with Crippen LogP contribution in [0.25, 0.3) is 0 Å². The van der Waals surface area contributed by atoms with E-state index in [-0.39, 0.29) is 6.04 Å². The zero-order valence-electron chi connectivity index (χ0n) is 11.9. The molecule has 0 bridgehead atoms. The van der Waals surface area contributed by atoms with E-state index in [2.05, 4.69) is 31.0 Å². The first-order valence-electron chi connectivity index (χ1n) is 6.63. The Hall–Kier alpha value is -0.610. The van der Waals surface area contributed by atoms with Crippen molar-refractivity contribution in [2.75, 3.05) is 19.6 Å². The van der Waals surface area contributed by atoms with Gasteiger partial charge in [0.1, 0.15) is 5.54 Å². The van der Waals surface area contributed by atoms with Gasteiger partial charge in [0, 0.05) is 12.6 Å². The number of carboxylic acid groups (broad SMARTS) is 1. The molecule has 17 heavy (non-hydrogen) atoms. The van der Waals surface area contributed by atoms with Crippen LogP contribution in [-0.2, 0) is 4.79 Å². The largest absolute Gasteiger partial charge is 0.480 e. The molecule has 0 aliphatic rings. The summed E-state index contributed by atoms with van der Waals surface area (Å²) in [5.41, 5.74) is -0.804. The summed E-state index contributed by atoms with van der Waals surface area (Å²) in [4.78, 5) is 13.6. The third kappa shape index (κ3) is 5.50. The topological polar surface area (TPSA) is 52.6 Å². The van der Waals surface area contributed by atoms with Gasteiger partial charge in [-0.25, -0.2) is 0 Å². The fraction of sp³-hybridized carbons (Fsp3) is 0.923. The van der Waals surface area contributed by atoms with Crippen LogP contribution >= 0.6 is 0 Å². The molecule has 0 aliphatic heterocycles. The van der Waals surface area contributed by atoms with E-state index >= 15 is 0 Å². The van der Waals surface area contributed by atoms with E-state index in [1.807, 2.05) is 6.92 Å². The highest BCUT2D eigenvalue weighted by atomic mass is 16.4. The number of rotatable bonds is 9. The molecule has 0 rings (SSSR count). The highest BCUT2D eigenvalue weighted by Gasteiger charge is 2.33. The van der Waals surface area contributed by atoms with Crippen molar-refractivity contribution in [3.63, 3.8) is 0 Å². The van der Waals surface area contributed by atoms with E-state index in [1.165, 1.54) is 0 Å². The molecule has 0 aromatic heterocycles. The smallest absolute Gasteiger partial charge is 0.323 e. The number of aliphatic carboxylic acids is 1. The van der Waals surface area contributed by atoms with Gasteiger partial charge in [-0.05, 0) is 33.4 Å². The number of nitrogens with one attached hydrogen (secondary N) is 1. The lowest BCUT2D eigenvalue weighted by Gasteiger charge is -2.32. The summed E-state index contributed by atoms with van der Waals surface area (Å²) < 4.78 is 0. The second kappa shape index (κ2) is 7.67. The molecule has 0 saturated carbocycles. The Morgan fingerprint density at radius 3 is 2.24 bits per heavy atom. The molecule has 2 unspecified atom stereocenters. The first kappa shape index (κ1) is 16.4. The van der Waals surface area contributed by atoms with E-state index in [4.69, 9.17) is 0 Å². The predicted octanol–water partition coefficient (Wildman–Crippen LogP) is 1.95. The van der Waals surface area contributed by atoms with E-state index in [0.29, 0.717) is 6.42 Å². The molecular weight excluding hydrogens is 216 g/mol. The standard InChI is InChI=1S/C13H28N2O2/c1-6-9-13(5,12(16)17)14-11(4)10-15(7-2)8-3/h11,14H,6-10H2,1-5H3,(H,16,17). The highest BCUT2D eigenvalue weighted by Crippen LogP contribution is 2.14. The van der Waals surface area contributed by atoms with Gasteiger partial charge >= 0.3 is 5.97 Å². The molecule has 0 fully saturated rings. The van der Waals surface area contributed by atoms with Crippen molar-refractivity contribution < 1.29 is 9.90 Å². The van der Waals surface area contributed by atoms with Crippen LogP contribution in [0.4, 0.5) is 0 Å². The monoisotopic (exact) mass is 244 g/mol. The van der Waals surface area contributed by atoms with Gasteiger partial charge < -0.3 is 10.0 Å². The molecule has 2 N–H and O–H groups in total. The number of hydrogen-bond donors (Lipinski definition) is 2. The summed E-state index contributed by atoms with van der Waals surface area (Å²) in [5, 5.41) is 12.5. The molecule has 0 aromatic carbocycles. The van der Waals surface area contributed by atoms with E-state index in [0.717, 1.165) is 26.1 Å². The lowest BCUT2D eigenvalue weighted by atomic mass is 9.95. The fourth-order valence-corrected chi connectivity index (χ4v) is 2.20. The second-order valence-corrected chi connectivity index (χ2v) is 4.92. The normalized spacial score (nSPS) is 16.8. The zero-order chi connectivity index (χ0) is 13.5. The molecule has 2 atom stereocenters. The van der Waals surface area contributed by atoms with Gasteiger partial charge in [-0.3, -0.25) is 10.1 Å². The minimum Gasteiger partial charge on any atom is -0.480 e. The van der Waals surface area contributed by atoms with E-state index < -0.39 is 11.5 Å². The van der Waals surface area contributed by atoms with Gasteiger partial charge in [0.25, 0.3) is 0 Å². The zero-order valence-corrected chi connectivity index (χ0v) is 11.9. The Morgan fingerprint density at radius 2 is 1.88 bits per heavy atom. The van der Waals surface area contributed by atoms with Crippen LogP contribution < -0.4 is 5.32 Å². The molecule has 0 heterocycles. The maximum atomic E-state index is 11.3. The molecule has 102 valence electrons. The lowest BCUT2D eigenvalue weighted by molar-refractivity contribution is -0.144. The molecule has 0 amide bonds. The van der Waals surface area contributed by atoms with Crippen LogP contribution in [0.3, 0.4) is 0 Å². The van der Waals surface area contributed by atoms with Crippen molar-refractivity contribution in [3.8, 4) is 0 Å². The van der Waals surface area contributed by atoms with Crippen molar-refractivity contribution in [2.45, 2.75) is 59.0 Å². The maximum absolute atomic E-state index is 11.3. The summed E-state index contributed by atoms with van der Waals surface area (Å²) in [6.07, 6.45) is 1.53. The second-order valence-electron chi connectivity index (χ2n) is 4.92. The summed E-state index contributed by atoms with van der Waals surface area (Å²) in [5.74, 6) is -0.759. The Bertz CT molecular complexity index is 229. The van der Waals surface area contributed by atoms with Crippen molar-refractivity contribution in [3.05, 3.63) is 0 Å². The maximum Gasteiger partial charge on any atom is 0.323 e. The van der Waals surface area contributed by atoms with Crippen LogP contribution in [0.1, 0.15) is 47.5 Å². The SMILES string of the molecule is CCCC(C)(NC(C)CN(CC)CC)C(=O)O. The molecule has 0 aromatic rings. The quantitative estimate of drug-likeness (QED) is 0.651. The Balaban J connectivity index is 4.40. The van der Waals surface area contributed by atoms with Crippen molar-refractivity contribution in [2.24, 2.45) is 0 Å². The summed E-state index contributed by atoms with van der Waals surface area (Å²) in [7, 11) is 0. The summed E-state index contributed by atoms with van der Waals surface area (Å²) in [6.45, 7) is 13.0. The van der Waals surface area contributed by atoms with E-state index in [1.54, 1.807) is 6.92 Å². The van der Waals surface area contributed by atoms with Gasteiger partial charge in [0.15, 0.2) is 0 Å². The van der Waals surface area contributed by atoms with Gasteiger partial charge in [-0.15, -0.1) is 0 Å². The predicted molar refractivity (Wildman–Crippen MR) is 71.3 cm³/mol. The highest BCUT2D eigenvalue weighted by molar-refractivity contribution is 5.78. The van der Waals surface area contributed by atoms with Gasteiger partial charge in [-0.1, -0.05) is 27.2 Å². The van der Waals surface area contributed by atoms with Crippen LogP contribution in [0.15, 0.2) is 0 Å². The van der Waals surface area contributed by atoms with Gasteiger partial charge in [0.05, 0.1) is 0 Å². The molecule has 0 spiro atoms. The molecule has 4 nitrogen and oxygen atoms in total. The first-order valence-corrected chi connectivity index (χ1v) is 6.63. The summed E-state index contributed by atoms with van der Waals surface area (Å²) in [6, 6.07) is 0.183. The Morgan fingerprint density at radius 1 is 1.35 bits per heavy atom. The Kier molecular flexibility index (Phi) is 7.39. The molecule has 0 aliphatic carbocycles. The first-order chi connectivity index (χ1) is 7.89. The van der Waals surface area contributed by atoms with Gasteiger partial charge in [0.2, 0.25) is 0 Å². The van der Waals surface area contributed by atoms with E-state index in [9.17, 15) is 9.90 Å². The third-order valence-electron chi connectivity index (χ3n) is 3.21. The molecule has 0 saturated heterocycles. The van der Waals surface area contributed by atoms with Crippen molar-refractivity contribution in [1.29, 1.82) is 0 Å². The minimum absolute atomic E-state index is 0.183. The van der Waals surface area contributed by atoms with Crippen LogP contribution in [0.5, 0.6) is 0 Å². The summed E-state index contributed by atoms with van der Waals surface area (Å²) >= 11 is 0. The average Bonchev–Trinajstić information content (AvgIpc) is 2.25. The average molecular weight is 244 g/mol. The molecule has 0 radical (unpaired) electrons. The third-order valence-corrected chi connectivity index (χ3v) is 3.21. The van der Waals surface area contributed by atoms with Gasteiger partial charge in [-0.2, -0.15) is 0 Å². The number of nitrogens with zero attached hydrogens (tertiary/aromatic N) is 1. The van der Waals surface area contributed by atoms with Crippen molar-refractivity contribution >= 4 is 5.97 Å².